The van der Waals surface area contributed by atoms with Crippen molar-refractivity contribution in [2.45, 2.75) is 6.42 Å². The van der Waals surface area contributed by atoms with E-state index in [1.54, 1.807) is 6.20 Å². The van der Waals surface area contributed by atoms with Gasteiger partial charge in [-0.1, -0.05) is 6.08 Å². The fraction of sp³-hybridized carbons (Fsp3) is 0.333. The Morgan fingerprint density at radius 1 is 1.64 bits per heavy atom. The van der Waals surface area contributed by atoms with Gasteiger partial charge in [-0.2, -0.15) is 0 Å². The number of hydrogen-bond acceptors (Lipinski definition) is 3. The maximum Gasteiger partial charge on any atom is 0.407 e. The molecule has 0 atom stereocenters. The second-order valence-electron chi connectivity index (χ2n) is 3.14. The van der Waals surface area contributed by atoms with Crippen molar-refractivity contribution >= 4 is 23.2 Å². The molecule has 0 bridgehead atoms. The highest BCUT2D eigenvalue weighted by molar-refractivity contribution is 7.03. The van der Waals surface area contributed by atoms with Crippen LogP contribution in [0.15, 0.2) is 17.7 Å². The van der Waals surface area contributed by atoms with Gasteiger partial charge < -0.3 is 10.0 Å². The van der Waals surface area contributed by atoms with Crippen molar-refractivity contribution in [1.29, 1.82) is 0 Å². The molecule has 1 aromatic heterocycles. The average Bonchev–Trinajstić information content (AvgIpc) is 2.71. The summed E-state index contributed by atoms with van der Waals surface area (Å²) in [6.45, 7) is 1.07. The first-order valence-corrected chi connectivity index (χ1v) is 5.17. The molecule has 4 nitrogen and oxygen atoms in total. The number of hydrogen-bond donors (Lipinski definition) is 1. The van der Waals surface area contributed by atoms with Crippen LogP contribution in [0.2, 0.25) is 0 Å². The normalized spacial score (nSPS) is 16.6. The Hall–Kier alpha value is -1.36. The molecule has 1 aromatic rings. The van der Waals surface area contributed by atoms with Crippen molar-refractivity contribution < 1.29 is 9.90 Å². The van der Waals surface area contributed by atoms with Gasteiger partial charge in [0.1, 0.15) is 0 Å². The predicted molar refractivity (Wildman–Crippen MR) is 54.3 cm³/mol. The third-order valence-corrected chi connectivity index (χ3v) is 2.81. The zero-order chi connectivity index (χ0) is 9.97. The summed E-state index contributed by atoms with van der Waals surface area (Å²) in [5, 5.41) is 10.8. The summed E-state index contributed by atoms with van der Waals surface area (Å²) in [6.07, 6.45) is 3.81. The molecule has 1 aliphatic heterocycles. The van der Waals surface area contributed by atoms with Gasteiger partial charge in [0.05, 0.1) is 0 Å². The second kappa shape index (κ2) is 3.79. The van der Waals surface area contributed by atoms with E-state index >= 15 is 0 Å². The fourth-order valence-electron chi connectivity index (χ4n) is 1.48. The highest BCUT2D eigenvalue weighted by atomic mass is 32.1. The number of aromatic nitrogens is 1. The Morgan fingerprint density at radius 2 is 2.50 bits per heavy atom. The Bertz CT molecular complexity index is 359. The lowest BCUT2D eigenvalue weighted by Crippen LogP contribution is -2.34. The van der Waals surface area contributed by atoms with Gasteiger partial charge in [-0.05, 0) is 23.5 Å². The van der Waals surface area contributed by atoms with Crippen molar-refractivity contribution in [3.8, 4) is 0 Å². The molecule has 0 saturated heterocycles. The van der Waals surface area contributed by atoms with Crippen molar-refractivity contribution in [1.82, 2.24) is 9.27 Å². The minimum absolute atomic E-state index is 0.480. The van der Waals surface area contributed by atoms with E-state index < -0.39 is 6.09 Å². The third kappa shape index (κ3) is 1.77. The van der Waals surface area contributed by atoms with Gasteiger partial charge in [0.2, 0.25) is 0 Å². The molecular formula is C9H10N2O2S. The molecule has 1 amide bonds. The van der Waals surface area contributed by atoms with E-state index in [0.717, 1.165) is 17.6 Å². The lowest BCUT2D eigenvalue weighted by Gasteiger charge is -2.24. The minimum atomic E-state index is -0.848. The summed E-state index contributed by atoms with van der Waals surface area (Å²) in [6, 6.07) is 0. The van der Waals surface area contributed by atoms with Crippen LogP contribution in [0.5, 0.6) is 0 Å². The van der Waals surface area contributed by atoms with Crippen LogP contribution < -0.4 is 0 Å². The number of carboxylic acid groups (broad SMARTS) is 1. The lowest BCUT2D eigenvalue weighted by molar-refractivity contribution is 0.150. The van der Waals surface area contributed by atoms with Crippen LogP contribution in [-0.4, -0.2) is 33.6 Å². The second-order valence-corrected chi connectivity index (χ2v) is 3.79. The maximum absolute atomic E-state index is 10.8. The quantitative estimate of drug-likeness (QED) is 0.770. The Labute approximate surface area is 85.6 Å². The van der Waals surface area contributed by atoms with Crippen LogP contribution in [0, 0.1) is 0 Å². The standard InChI is InChI=1S/C9H10N2O2S/c12-9(13)11-3-1-2-7(5-11)8-4-10-14-6-8/h2,4,6H,1,3,5H2,(H,12,13). The lowest BCUT2D eigenvalue weighted by atomic mass is 10.1. The van der Waals surface area contributed by atoms with Crippen LogP contribution in [-0.2, 0) is 0 Å². The van der Waals surface area contributed by atoms with Gasteiger partial charge in [0, 0.05) is 30.2 Å². The summed E-state index contributed by atoms with van der Waals surface area (Å²) in [7, 11) is 0. The van der Waals surface area contributed by atoms with Crippen LogP contribution in [0.25, 0.3) is 5.57 Å². The first kappa shape index (κ1) is 9.21. The number of rotatable bonds is 1. The van der Waals surface area contributed by atoms with E-state index in [9.17, 15) is 4.79 Å². The van der Waals surface area contributed by atoms with E-state index in [1.807, 2.05) is 5.38 Å². The highest BCUT2D eigenvalue weighted by Crippen LogP contribution is 2.21. The fourth-order valence-corrected chi connectivity index (χ4v) is 2.04. The number of carbonyl (C=O) groups is 1. The summed E-state index contributed by atoms with van der Waals surface area (Å²) in [5.74, 6) is 0. The number of nitrogens with zero attached hydrogens (tertiary/aromatic N) is 2. The molecule has 0 aromatic carbocycles. The Morgan fingerprint density at radius 3 is 3.14 bits per heavy atom. The molecule has 0 spiro atoms. The predicted octanol–water partition coefficient (Wildman–Crippen LogP) is 1.91. The highest BCUT2D eigenvalue weighted by Gasteiger charge is 2.18. The van der Waals surface area contributed by atoms with Gasteiger partial charge in [-0.15, -0.1) is 0 Å². The molecule has 0 saturated carbocycles. The van der Waals surface area contributed by atoms with Crippen LogP contribution in [0.1, 0.15) is 12.0 Å². The van der Waals surface area contributed by atoms with E-state index in [-0.39, 0.29) is 0 Å². The van der Waals surface area contributed by atoms with E-state index in [2.05, 4.69) is 10.4 Å². The molecule has 0 aliphatic carbocycles. The summed E-state index contributed by atoms with van der Waals surface area (Å²) >= 11 is 1.39. The van der Waals surface area contributed by atoms with Gasteiger partial charge in [-0.25, -0.2) is 9.17 Å². The Balaban J connectivity index is 2.15. The molecule has 1 N–H and O–H groups in total. The molecule has 14 heavy (non-hydrogen) atoms. The largest absolute Gasteiger partial charge is 0.465 e. The monoisotopic (exact) mass is 210 g/mol. The van der Waals surface area contributed by atoms with Gasteiger partial charge in [-0.3, -0.25) is 0 Å². The van der Waals surface area contributed by atoms with Gasteiger partial charge >= 0.3 is 6.09 Å². The average molecular weight is 210 g/mol. The first-order chi connectivity index (χ1) is 6.77. The molecule has 0 fully saturated rings. The van der Waals surface area contributed by atoms with Crippen molar-refractivity contribution in [3.05, 3.63) is 23.2 Å². The molecule has 1 aliphatic rings. The molecule has 2 rings (SSSR count). The molecule has 2 heterocycles. The number of amides is 1. The van der Waals surface area contributed by atoms with E-state index in [4.69, 9.17) is 5.11 Å². The SMILES string of the molecule is O=C(O)N1CCC=C(c2cnsc2)C1. The minimum Gasteiger partial charge on any atom is -0.465 e. The smallest absolute Gasteiger partial charge is 0.407 e. The van der Waals surface area contributed by atoms with Gasteiger partial charge in [0.25, 0.3) is 0 Å². The van der Waals surface area contributed by atoms with Crippen molar-refractivity contribution in [2.24, 2.45) is 0 Å². The molecular weight excluding hydrogens is 200 g/mol. The zero-order valence-electron chi connectivity index (χ0n) is 7.51. The van der Waals surface area contributed by atoms with E-state index in [1.165, 1.54) is 16.4 Å². The van der Waals surface area contributed by atoms with Crippen molar-refractivity contribution in [2.75, 3.05) is 13.1 Å². The first-order valence-electron chi connectivity index (χ1n) is 4.34. The van der Waals surface area contributed by atoms with Crippen LogP contribution >= 0.6 is 11.5 Å². The van der Waals surface area contributed by atoms with Crippen LogP contribution in [0.3, 0.4) is 0 Å². The van der Waals surface area contributed by atoms with Crippen molar-refractivity contribution in [3.63, 3.8) is 0 Å². The zero-order valence-corrected chi connectivity index (χ0v) is 8.33. The summed E-state index contributed by atoms with van der Waals surface area (Å²) in [4.78, 5) is 12.2. The maximum atomic E-state index is 10.8. The molecule has 5 heteroatoms. The van der Waals surface area contributed by atoms with Crippen LogP contribution in [0.4, 0.5) is 4.79 Å². The van der Waals surface area contributed by atoms with E-state index in [0.29, 0.717) is 13.1 Å². The third-order valence-electron chi connectivity index (χ3n) is 2.22. The summed E-state index contributed by atoms with van der Waals surface area (Å²) < 4.78 is 4.00. The molecule has 74 valence electrons. The molecule has 0 unspecified atom stereocenters. The Kier molecular flexibility index (Phi) is 2.49. The topological polar surface area (TPSA) is 53.4 Å². The summed E-state index contributed by atoms with van der Waals surface area (Å²) in [5.41, 5.74) is 2.10. The molecule has 0 radical (unpaired) electrons. The van der Waals surface area contributed by atoms with Gasteiger partial charge in [0.15, 0.2) is 0 Å².